The summed E-state index contributed by atoms with van der Waals surface area (Å²) in [5, 5.41) is 39.3. The van der Waals surface area contributed by atoms with E-state index in [-0.39, 0.29) is 40.7 Å². The summed E-state index contributed by atoms with van der Waals surface area (Å²) >= 11 is 0. The summed E-state index contributed by atoms with van der Waals surface area (Å²) in [4.78, 5) is 11.6. The zero-order valence-electron chi connectivity index (χ0n) is 14.9. The van der Waals surface area contributed by atoms with Crippen LogP contribution in [0.25, 0.3) is 0 Å². The predicted octanol–water partition coefficient (Wildman–Crippen LogP) is 3.90. The Morgan fingerprint density at radius 1 is 1.08 bits per heavy atom. The number of aryl methyl sites for hydroxylation is 1. The van der Waals surface area contributed by atoms with Crippen molar-refractivity contribution in [2.45, 2.75) is 33.8 Å². The van der Waals surface area contributed by atoms with Gasteiger partial charge >= 0.3 is 5.97 Å². The van der Waals surface area contributed by atoms with Crippen molar-refractivity contribution >= 4 is 5.97 Å². The van der Waals surface area contributed by atoms with Gasteiger partial charge in [-0.05, 0) is 56.5 Å². The zero-order chi connectivity index (χ0) is 19.4. The monoisotopic (exact) mass is 358 g/mol. The van der Waals surface area contributed by atoms with Gasteiger partial charge in [0.15, 0.2) is 11.5 Å². The highest BCUT2D eigenvalue weighted by Crippen LogP contribution is 2.39. The molecule has 0 amide bonds. The van der Waals surface area contributed by atoms with Crippen LogP contribution in [0.4, 0.5) is 0 Å². The van der Waals surface area contributed by atoms with Crippen LogP contribution in [0.15, 0.2) is 35.9 Å². The molecular weight excluding hydrogens is 336 g/mol. The number of hydrogen-bond donors (Lipinski definition) is 4. The van der Waals surface area contributed by atoms with Crippen molar-refractivity contribution in [1.82, 2.24) is 0 Å². The fourth-order valence-corrected chi connectivity index (χ4v) is 2.52. The van der Waals surface area contributed by atoms with Gasteiger partial charge in [0.05, 0.1) is 6.61 Å². The number of carboxylic acid groups (broad SMARTS) is 1. The molecule has 2 aromatic rings. The average molecular weight is 358 g/mol. The summed E-state index contributed by atoms with van der Waals surface area (Å²) in [6.45, 7) is 5.18. The van der Waals surface area contributed by atoms with E-state index in [4.69, 9.17) is 4.74 Å². The van der Waals surface area contributed by atoms with Gasteiger partial charge in [-0.2, -0.15) is 0 Å². The van der Waals surface area contributed by atoms with E-state index in [9.17, 15) is 25.2 Å². The van der Waals surface area contributed by atoms with E-state index in [1.54, 1.807) is 19.1 Å². The third-order valence-corrected chi connectivity index (χ3v) is 3.86. The number of rotatable bonds is 6. The summed E-state index contributed by atoms with van der Waals surface area (Å²) in [5.41, 5.74) is 2.11. The molecule has 4 N–H and O–H groups in total. The number of carboxylic acids is 1. The Kier molecular flexibility index (Phi) is 5.90. The van der Waals surface area contributed by atoms with Crippen molar-refractivity contribution < 1.29 is 30.0 Å². The van der Waals surface area contributed by atoms with Gasteiger partial charge in [0.25, 0.3) is 0 Å². The molecule has 2 rings (SSSR count). The molecule has 0 aliphatic carbocycles. The van der Waals surface area contributed by atoms with Crippen LogP contribution < -0.4 is 4.74 Å². The van der Waals surface area contributed by atoms with Crippen molar-refractivity contribution in [2.75, 3.05) is 0 Å². The fraction of sp³-hybridized carbons (Fsp3) is 0.250. The molecule has 138 valence electrons. The molecule has 6 heteroatoms. The topological polar surface area (TPSA) is 107 Å². The number of allylic oxidation sites excluding steroid dienone is 2. The third kappa shape index (κ3) is 4.15. The minimum absolute atomic E-state index is 0.00741. The fourth-order valence-electron chi connectivity index (χ4n) is 2.52. The lowest BCUT2D eigenvalue weighted by atomic mass is 10.0. The zero-order valence-corrected chi connectivity index (χ0v) is 14.9. The maximum Gasteiger partial charge on any atom is 0.343 e. The Labute approximate surface area is 151 Å². The number of ether oxygens (including phenoxy) is 1. The minimum Gasteiger partial charge on any atom is -0.507 e. The summed E-state index contributed by atoms with van der Waals surface area (Å²) < 4.78 is 5.57. The third-order valence-electron chi connectivity index (χ3n) is 3.86. The SMILES string of the molecule is CC(C)=CCc1ccc(Oc2cc(C)cc(CO)c2O)c(C(=O)O)c1O. The van der Waals surface area contributed by atoms with Crippen LogP contribution in [0.2, 0.25) is 0 Å². The van der Waals surface area contributed by atoms with E-state index in [0.29, 0.717) is 12.0 Å². The van der Waals surface area contributed by atoms with Crippen LogP contribution in [0.5, 0.6) is 23.0 Å². The molecule has 0 aliphatic heterocycles. The molecule has 0 saturated heterocycles. The maximum absolute atomic E-state index is 11.6. The summed E-state index contributed by atoms with van der Waals surface area (Å²) in [6, 6.07) is 6.14. The number of benzene rings is 2. The Bertz CT molecular complexity index is 863. The van der Waals surface area contributed by atoms with E-state index in [1.807, 2.05) is 19.9 Å². The Morgan fingerprint density at radius 3 is 2.35 bits per heavy atom. The van der Waals surface area contributed by atoms with Crippen LogP contribution in [0.3, 0.4) is 0 Å². The first kappa shape index (κ1) is 19.3. The number of aliphatic hydroxyl groups is 1. The molecule has 0 spiro atoms. The van der Waals surface area contributed by atoms with Crippen molar-refractivity contribution in [2.24, 2.45) is 0 Å². The maximum atomic E-state index is 11.6. The molecule has 0 aliphatic rings. The molecule has 0 bridgehead atoms. The highest BCUT2D eigenvalue weighted by molar-refractivity contribution is 5.94. The molecule has 2 aromatic carbocycles. The molecular formula is C20H22O6. The largest absolute Gasteiger partial charge is 0.507 e. The van der Waals surface area contributed by atoms with Gasteiger partial charge in [0.2, 0.25) is 0 Å². The van der Waals surface area contributed by atoms with Crippen molar-refractivity contribution in [3.63, 3.8) is 0 Å². The van der Waals surface area contributed by atoms with Crippen LogP contribution >= 0.6 is 0 Å². The molecule has 0 atom stereocenters. The molecule has 0 fully saturated rings. The molecule has 0 saturated carbocycles. The first-order valence-corrected chi connectivity index (χ1v) is 8.07. The van der Waals surface area contributed by atoms with E-state index in [1.165, 1.54) is 12.1 Å². The van der Waals surface area contributed by atoms with Gasteiger partial charge in [0, 0.05) is 5.56 Å². The summed E-state index contributed by atoms with van der Waals surface area (Å²) in [7, 11) is 0. The standard InChI is InChI=1S/C20H22O6/c1-11(2)4-5-13-6-7-15(17(19(13)23)20(24)25)26-16-9-12(3)8-14(10-21)18(16)22/h4,6-9,21-23H,5,10H2,1-3H3,(H,24,25). The smallest absolute Gasteiger partial charge is 0.343 e. The van der Waals surface area contributed by atoms with Gasteiger partial charge in [-0.25, -0.2) is 4.79 Å². The summed E-state index contributed by atoms with van der Waals surface area (Å²) in [6.07, 6.45) is 2.26. The number of aromatic carboxylic acids is 1. The first-order valence-electron chi connectivity index (χ1n) is 8.07. The second-order valence-electron chi connectivity index (χ2n) is 6.27. The van der Waals surface area contributed by atoms with E-state index < -0.39 is 5.97 Å². The first-order chi connectivity index (χ1) is 12.2. The van der Waals surface area contributed by atoms with Gasteiger partial charge in [-0.15, -0.1) is 0 Å². The lowest BCUT2D eigenvalue weighted by Crippen LogP contribution is -2.03. The van der Waals surface area contributed by atoms with Crippen LogP contribution in [-0.2, 0) is 13.0 Å². The van der Waals surface area contributed by atoms with Gasteiger partial charge in [-0.1, -0.05) is 17.7 Å². The van der Waals surface area contributed by atoms with Crippen molar-refractivity contribution in [1.29, 1.82) is 0 Å². The predicted molar refractivity (Wildman–Crippen MR) is 97.0 cm³/mol. The van der Waals surface area contributed by atoms with Gasteiger partial charge in [-0.3, -0.25) is 0 Å². The highest BCUT2D eigenvalue weighted by atomic mass is 16.5. The quantitative estimate of drug-likeness (QED) is 0.584. The second kappa shape index (κ2) is 7.93. The number of hydrogen-bond acceptors (Lipinski definition) is 5. The number of carbonyl (C=O) groups is 1. The lowest BCUT2D eigenvalue weighted by Gasteiger charge is -2.15. The number of phenols is 2. The molecule has 0 heterocycles. The lowest BCUT2D eigenvalue weighted by molar-refractivity contribution is 0.0690. The van der Waals surface area contributed by atoms with Gasteiger partial charge < -0.3 is 25.2 Å². The van der Waals surface area contributed by atoms with Crippen LogP contribution in [0.1, 0.15) is 40.9 Å². The van der Waals surface area contributed by atoms with E-state index in [0.717, 1.165) is 11.1 Å². The average Bonchev–Trinajstić information content (AvgIpc) is 2.56. The number of aromatic hydroxyl groups is 2. The molecule has 0 radical (unpaired) electrons. The second-order valence-corrected chi connectivity index (χ2v) is 6.27. The Morgan fingerprint density at radius 2 is 1.77 bits per heavy atom. The molecule has 26 heavy (non-hydrogen) atoms. The minimum atomic E-state index is -1.34. The highest BCUT2D eigenvalue weighted by Gasteiger charge is 2.21. The van der Waals surface area contributed by atoms with Crippen LogP contribution in [0, 0.1) is 6.92 Å². The van der Waals surface area contributed by atoms with Crippen molar-refractivity contribution in [3.8, 4) is 23.0 Å². The van der Waals surface area contributed by atoms with Gasteiger partial charge in [0.1, 0.15) is 17.1 Å². The summed E-state index contributed by atoms with van der Waals surface area (Å²) in [5.74, 6) is -2.08. The van der Waals surface area contributed by atoms with Crippen LogP contribution in [-0.4, -0.2) is 26.4 Å². The number of aliphatic hydroxyl groups excluding tert-OH is 1. The Balaban J connectivity index is 2.51. The molecule has 0 aromatic heterocycles. The van der Waals surface area contributed by atoms with E-state index in [2.05, 4.69) is 0 Å². The Hall–Kier alpha value is -2.99. The van der Waals surface area contributed by atoms with E-state index >= 15 is 0 Å². The van der Waals surface area contributed by atoms with Crippen molar-refractivity contribution in [3.05, 3.63) is 58.2 Å². The normalized spacial score (nSPS) is 10.5. The molecule has 6 nitrogen and oxygen atoms in total. The molecule has 0 unspecified atom stereocenters.